The van der Waals surface area contributed by atoms with Crippen LogP contribution in [0.4, 0.5) is 0 Å². The van der Waals surface area contributed by atoms with Crippen molar-refractivity contribution < 1.29 is 4.79 Å². The summed E-state index contributed by atoms with van der Waals surface area (Å²) in [6.45, 7) is 2.78. The van der Waals surface area contributed by atoms with Crippen LogP contribution in [0.25, 0.3) is 0 Å². The average molecular weight is 317 g/mol. The van der Waals surface area contributed by atoms with Crippen LogP contribution in [0.15, 0.2) is 18.2 Å². The molecule has 1 aliphatic heterocycles. The Bertz CT molecular complexity index is 435. The van der Waals surface area contributed by atoms with E-state index in [1.165, 1.54) is 0 Å². The third-order valence-electron chi connectivity index (χ3n) is 3.22. The Labute approximate surface area is 115 Å². The molecule has 1 unspecified atom stereocenters. The fourth-order valence-corrected chi connectivity index (χ4v) is 3.00. The Balaban J connectivity index is 2.21. The molecule has 1 fully saturated rings. The van der Waals surface area contributed by atoms with Crippen molar-refractivity contribution in [3.05, 3.63) is 34.3 Å². The number of benzene rings is 1. The van der Waals surface area contributed by atoms with Gasteiger partial charge in [0.2, 0.25) is 0 Å². The predicted molar refractivity (Wildman–Crippen MR) is 74.0 cm³/mol. The lowest BCUT2D eigenvalue weighted by Crippen LogP contribution is -2.36. The molecule has 0 radical (unpaired) electrons. The maximum atomic E-state index is 12.3. The summed E-state index contributed by atoms with van der Waals surface area (Å²) >= 11 is 9.44. The number of alkyl halides is 1. The molecule has 1 aromatic rings. The zero-order chi connectivity index (χ0) is 12.4. The van der Waals surface area contributed by atoms with Gasteiger partial charge in [-0.15, -0.1) is 0 Å². The van der Waals surface area contributed by atoms with Crippen LogP contribution >= 0.6 is 27.5 Å². The van der Waals surface area contributed by atoms with Gasteiger partial charge in [-0.25, -0.2) is 0 Å². The number of nitrogens with zero attached hydrogens (tertiary/aromatic N) is 1. The number of carbonyl (C=O) groups excluding carboxylic acids is 1. The monoisotopic (exact) mass is 315 g/mol. The molecule has 92 valence electrons. The van der Waals surface area contributed by atoms with Gasteiger partial charge < -0.3 is 4.90 Å². The van der Waals surface area contributed by atoms with E-state index in [0.717, 1.165) is 35.8 Å². The second kappa shape index (κ2) is 5.40. The number of rotatable bonds is 2. The number of aryl methyl sites for hydroxylation is 1. The summed E-state index contributed by atoms with van der Waals surface area (Å²) in [5, 5.41) is 1.56. The van der Waals surface area contributed by atoms with E-state index < -0.39 is 0 Å². The van der Waals surface area contributed by atoms with E-state index in [4.69, 9.17) is 11.6 Å². The van der Waals surface area contributed by atoms with E-state index in [1.54, 1.807) is 12.1 Å². The quantitative estimate of drug-likeness (QED) is 0.763. The molecule has 2 nitrogen and oxygen atoms in total. The molecule has 17 heavy (non-hydrogen) atoms. The van der Waals surface area contributed by atoms with Crippen LogP contribution in [-0.4, -0.2) is 28.7 Å². The van der Waals surface area contributed by atoms with Gasteiger partial charge in [-0.3, -0.25) is 4.79 Å². The van der Waals surface area contributed by atoms with Gasteiger partial charge in [-0.05, 0) is 43.5 Å². The number of hydrogen-bond donors (Lipinski definition) is 0. The third-order valence-corrected chi connectivity index (χ3v) is 4.39. The molecule has 1 heterocycles. The molecule has 4 heteroatoms. The highest BCUT2D eigenvalue weighted by molar-refractivity contribution is 9.09. The van der Waals surface area contributed by atoms with Crippen LogP contribution in [0, 0.1) is 6.92 Å². The molecule has 2 rings (SSSR count). The summed E-state index contributed by atoms with van der Waals surface area (Å²) in [5.41, 5.74) is 1.69. The van der Waals surface area contributed by atoms with Gasteiger partial charge in [0.25, 0.3) is 5.91 Å². The molecule has 1 saturated heterocycles. The molecular formula is C13H15BrClNO. The minimum absolute atomic E-state index is 0.117. The standard InChI is InChI=1S/C13H15BrClNO/c1-9-7-10(4-5-12(9)15)13(17)16-6-2-3-11(16)8-14/h4-5,7,11H,2-3,6,8H2,1H3. The lowest BCUT2D eigenvalue weighted by atomic mass is 10.1. The van der Waals surface area contributed by atoms with Crippen molar-refractivity contribution in [3.8, 4) is 0 Å². The van der Waals surface area contributed by atoms with Crippen molar-refractivity contribution in [1.29, 1.82) is 0 Å². The van der Waals surface area contributed by atoms with E-state index in [9.17, 15) is 4.79 Å². The Kier molecular flexibility index (Phi) is 4.10. The first-order valence-corrected chi connectivity index (χ1v) is 7.26. The third kappa shape index (κ3) is 2.66. The van der Waals surface area contributed by atoms with Crippen molar-refractivity contribution in [2.24, 2.45) is 0 Å². The summed E-state index contributed by atoms with van der Waals surface area (Å²) in [7, 11) is 0. The fourth-order valence-electron chi connectivity index (χ4n) is 2.21. The molecule has 0 N–H and O–H groups in total. The maximum absolute atomic E-state index is 12.3. The second-order valence-electron chi connectivity index (χ2n) is 4.41. The van der Waals surface area contributed by atoms with Gasteiger partial charge in [-0.2, -0.15) is 0 Å². The number of amides is 1. The minimum atomic E-state index is 0.117. The van der Waals surface area contributed by atoms with Crippen LogP contribution in [0.3, 0.4) is 0 Å². The largest absolute Gasteiger partial charge is 0.335 e. The van der Waals surface area contributed by atoms with E-state index in [-0.39, 0.29) is 5.91 Å². The zero-order valence-corrected chi connectivity index (χ0v) is 12.1. The minimum Gasteiger partial charge on any atom is -0.335 e. The first kappa shape index (κ1) is 12.9. The van der Waals surface area contributed by atoms with Crippen molar-refractivity contribution in [1.82, 2.24) is 4.90 Å². The Morgan fingerprint density at radius 1 is 1.59 bits per heavy atom. The molecule has 1 aromatic carbocycles. The van der Waals surface area contributed by atoms with Gasteiger partial charge in [0.05, 0.1) is 0 Å². The second-order valence-corrected chi connectivity index (χ2v) is 5.47. The number of carbonyl (C=O) groups is 1. The molecule has 1 amide bonds. The van der Waals surface area contributed by atoms with E-state index in [1.807, 2.05) is 17.9 Å². The van der Waals surface area contributed by atoms with Crippen LogP contribution in [0.2, 0.25) is 5.02 Å². The number of likely N-dealkylation sites (tertiary alicyclic amines) is 1. The molecule has 0 spiro atoms. The fraction of sp³-hybridized carbons (Fsp3) is 0.462. The summed E-state index contributed by atoms with van der Waals surface area (Å²) < 4.78 is 0. The Morgan fingerprint density at radius 2 is 2.35 bits per heavy atom. The lowest BCUT2D eigenvalue weighted by molar-refractivity contribution is 0.0750. The van der Waals surface area contributed by atoms with E-state index >= 15 is 0 Å². The Morgan fingerprint density at radius 3 is 3.00 bits per heavy atom. The van der Waals surface area contributed by atoms with Crippen molar-refractivity contribution in [2.45, 2.75) is 25.8 Å². The SMILES string of the molecule is Cc1cc(C(=O)N2CCCC2CBr)ccc1Cl. The van der Waals surface area contributed by atoms with Crippen LogP contribution in [-0.2, 0) is 0 Å². The molecule has 0 aromatic heterocycles. The van der Waals surface area contributed by atoms with E-state index in [2.05, 4.69) is 15.9 Å². The smallest absolute Gasteiger partial charge is 0.254 e. The molecule has 0 aliphatic carbocycles. The van der Waals surface area contributed by atoms with Crippen molar-refractivity contribution in [3.63, 3.8) is 0 Å². The highest BCUT2D eigenvalue weighted by Crippen LogP contribution is 2.23. The summed E-state index contributed by atoms with van der Waals surface area (Å²) in [5.74, 6) is 0.117. The molecule has 1 atom stereocenters. The van der Waals surface area contributed by atoms with Crippen molar-refractivity contribution >= 4 is 33.4 Å². The first-order valence-electron chi connectivity index (χ1n) is 5.76. The Hall–Kier alpha value is -0.540. The maximum Gasteiger partial charge on any atom is 0.254 e. The first-order chi connectivity index (χ1) is 8.13. The van der Waals surface area contributed by atoms with E-state index in [0.29, 0.717) is 11.1 Å². The van der Waals surface area contributed by atoms with Crippen molar-refractivity contribution in [2.75, 3.05) is 11.9 Å². The van der Waals surface area contributed by atoms with Gasteiger partial charge in [-0.1, -0.05) is 27.5 Å². The normalized spacial score (nSPS) is 19.7. The number of hydrogen-bond acceptors (Lipinski definition) is 1. The van der Waals surface area contributed by atoms with Gasteiger partial charge >= 0.3 is 0 Å². The van der Waals surface area contributed by atoms with Crippen LogP contribution < -0.4 is 0 Å². The van der Waals surface area contributed by atoms with Gasteiger partial charge in [0, 0.05) is 28.5 Å². The number of halogens is 2. The summed E-state index contributed by atoms with van der Waals surface area (Å²) in [4.78, 5) is 14.3. The van der Waals surface area contributed by atoms with Crippen LogP contribution in [0.1, 0.15) is 28.8 Å². The molecule has 0 saturated carbocycles. The highest BCUT2D eigenvalue weighted by Gasteiger charge is 2.28. The zero-order valence-electron chi connectivity index (χ0n) is 9.75. The lowest BCUT2D eigenvalue weighted by Gasteiger charge is -2.23. The average Bonchev–Trinajstić information content (AvgIpc) is 2.80. The molecule has 1 aliphatic rings. The predicted octanol–water partition coefficient (Wildman–Crippen LogP) is 3.65. The highest BCUT2D eigenvalue weighted by atomic mass is 79.9. The van der Waals surface area contributed by atoms with Crippen LogP contribution in [0.5, 0.6) is 0 Å². The van der Waals surface area contributed by atoms with Gasteiger partial charge in [0.1, 0.15) is 0 Å². The van der Waals surface area contributed by atoms with Gasteiger partial charge in [0.15, 0.2) is 0 Å². The summed E-state index contributed by atoms with van der Waals surface area (Å²) in [6.07, 6.45) is 2.18. The molecule has 0 bridgehead atoms. The molecular weight excluding hydrogens is 302 g/mol. The topological polar surface area (TPSA) is 20.3 Å². The summed E-state index contributed by atoms with van der Waals surface area (Å²) in [6, 6.07) is 5.80.